The number of hydrogen-bond donors (Lipinski definition) is 2. The van der Waals surface area contributed by atoms with Gasteiger partial charge in [0, 0.05) is 56.5 Å². The van der Waals surface area contributed by atoms with Crippen molar-refractivity contribution in [1.82, 2.24) is 14.7 Å². The first-order chi connectivity index (χ1) is 16.0. The molecule has 33 heavy (non-hydrogen) atoms. The number of nitrogens with zero attached hydrogens (tertiary/aromatic N) is 4. The van der Waals surface area contributed by atoms with E-state index in [4.69, 9.17) is 15.2 Å². The number of allylic oxidation sites excluding steroid dienone is 1. The van der Waals surface area contributed by atoms with Crippen molar-refractivity contribution in [3.05, 3.63) is 35.6 Å². The summed E-state index contributed by atoms with van der Waals surface area (Å²) < 4.78 is 39.3. The van der Waals surface area contributed by atoms with Crippen molar-refractivity contribution < 1.29 is 17.9 Å². The Morgan fingerprint density at radius 1 is 1.21 bits per heavy atom. The van der Waals surface area contributed by atoms with Crippen molar-refractivity contribution in [2.45, 2.75) is 37.8 Å². The van der Waals surface area contributed by atoms with E-state index in [-0.39, 0.29) is 17.2 Å². The zero-order chi connectivity index (χ0) is 23.3. The Kier molecular flexibility index (Phi) is 7.41. The zero-order valence-corrected chi connectivity index (χ0v) is 19.5. The van der Waals surface area contributed by atoms with E-state index in [1.54, 1.807) is 19.4 Å². The Morgan fingerprint density at radius 2 is 1.94 bits per heavy atom. The molecule has 0 amide bonds. The summed E-state index contributed by atoms with van der Waals surface area (Å²) >= 11 is 0. The van der Waals surface area contributed by atoms with Crippen LogP contribution in [0, 0.1) is 0 Å². The maximum atomic E-state index is 12.4. The van der Waals surface area contributed by atoms with Gasteiger partial charge in [0.05, 0.1) is 24.8 Å². The number of hydrogen-bond acceptors (Lipinski definition) is 9. The monoisotopic (exact) mass is 474 g/mol. The van der Waals surface area contributed by atoms with Gasteiger partial charge in [-0.3, -0.25) is 9.98 Å². The first kappa shape index (κ1) is 23.4. The van der Waals surface area contributed by atoms with Gasteiger partial charge in [-0.15, -0.1) is 0 Å². The Morgan fingerprint density at radius 3 is 2.67 bits per heavy atom. The third-order valence-electron chi connectivity index (χ3n) is 5.89. The average Bonchev–Trinajstić information content (AvgIpc) is 2.84. The van der Waals surface area contributed by atoms with Crippen molar-refractivity contribution in [3.8, 4) is 5.75 Å². The molecule has 1 aliphatic heterocycles. The predicted octanol–water partition coefficient (Wildman–Crippen LogP) is 1.58. The fourth-order valence-corrected chi connectivity index (χ4v) is 5.18. The van der Waals surface area contributed by atoms with Gasteiger partial charge in [0.1, 0.15) is 16.3 Å². The summed E-state index contributed by atoms with van der Waals surface area (Å²) in [5, 5.41) is -0.239. The molecule has 1 saturated heterocycles. The Labute approximate surface area is 193 Å². The second kappa shape index (κ2) is 10.4. The van der Waals surface area contributed by atoms with Gasteiger partial charge in [0.15, 0.2) is 0 Å². The van der Waals surface area contributed by atoms with E-state index < -0.39 is 10.0 Å². The number of ether oxygens (including phenoxy) is 2. The number of sulfonamides is 1. The highest BCUT2D eigenvalue weighted by molar-refractivity contribution is 7.93. The highest BCUT2D eigenvalue weighted by Gasteiger charge is 2.27. The number of aliphatic imine (C=N–C) groups is 1. The van der Waals surface area contributed by atoms with Crippen LogP contribution >= 0.6 is 0 Å². The Hall–Kier alpha value is -2.76. The second-order valence-corrected chi connectivity index (χ2v) is 9.87. The molecule has 1 aromatic heterocycles. The normalized spacial score (nSPS) is 22.7. The van der Waals surface area contributed by atoms with Crippen LogP contribution in [0.25, 0.3) is 11.0 Å². The smallest absolute Gasteiger partial charge is 0.255 e. The molecule has 2 heterocycles. The van der Waals surface area contributed by atoms with Crippen LogP contribution < -0.4 is 20.1 Å². The molecule has 2 aromatic rings. The summed E-state index contributed by atoms with van der Waals surface area (Å²) in [5.41, 5.74) is 8.24. The molecular formula is C22H30N6O4S. The molecule has 2 aliphatic rings. The van der Waals surface area contributed by atoms with E-state index in [1.807, 2.05) is 12.1 Å². The lowest BCUT2D eigenvalue weighted by atomic mass is 9.93. The number of fused-ring (bicyclic) bond motifs is 1. The van der Waals surface area contributed by atoms with Crippen molar-refractivity contribution in [2.75, 3.05) is 38.3 Å². The van der Waals surface area contributed by atoms with Gasteiger partial charge in [0.25, 0.3) is 10.0 Å². The third-order valence-corrected chi connectivity index (χ3v) is 7.29. The van der Waals surface area contributed by atoms with Gasteiger partial charge in [-0.25, -0.2) is 18.1 Å². The summed E-state index contributed by atoms with van der Waals surface area (Å²) in [6.45, 7) is 3.02. The lowest BCUT2D eigenvalue weighted by molar-refractivity contribution is 0.122. The molecule has 0 bridgehead atoms. The fraction of sp³-hybridized carbons (Fsp3) is 0.500. The van der Waals surface area contributed by atoms with Crippen molar-refractivity contribution in [1.29, 1.82) is 0 Å². The maximum absolute atomic E-state index is 12.4. The molecule has 0 atom stereocenters. The van der Waals surface area contributed by atoms with Gasteiger partial charge >= 0.3 is 0 Å². The summed E-state index contributed by atoms with van der Waals surface area (Å²) in [6, 6.07) is 3.88. The summed E-state index contributed by atoms with van der Waals surface area (Å²) in [5.74, 6) is 0.706. The zero-order valence-electron chi connectivity index (χ0n) is 18.7. The van der Waals surface area contributed by atoms with E-state index in [1.165, 1.54) is 12.3 Å². The molecule has 11 heteroatoms. The molecule has 10 nitrogen and oxygen atoms in total. The number of benzene rings is 1. The largest absolute Gasteiger partial charge is 0.488 e. The standard InChI is InChI=1S/C22H30N6O4S/c1-24-7-6-21(23)33(29,30)27-16-2-4-18(5-3-16)32-20-15-17(28-10-12-31-13-11-28)14-19-22(20)26-9-8-25-19/h6-9,14-16,18,27H,2-5,10-13,23H2,1H3. The molecule has 0 radical (unpaired) electrons. The molecule has 2 fully saturated rings. The van der Waals surface area contributed by atoms with Crippen LogP contribution in [-0.2, 0) is 14.8 Å². The molecule has 178 valence electrons. The van der Waals surface area contributed by atoms with Crippen LogP contribution in [-0.4, -0.2) is 70.1 Å². The van der Waals surface area contributed by atoms with Crippen LogP contribution in [0.2, 0.25) is 0 Å². The highest BCUT2D eigenvalue weighted by atomic mass is 32.2. The van der Waals surface area contributed by atoms with Gasteiger partial charge < -0.3 is 20.1 Å². The average molecular weight is 475 g/mol. The van der Waals surface area contributed by atoms with Crippen LogP contribution in [0.15, 0.2) is 40.6 Å². The molecule has 0 spiro atoms. The molecule has 1 saturated carbocycles. The first-order valence-electron chi connectivity index (χ1n) is 11.1. The Bertz CT molecular complexity index is 1120. The molecule has 3 N–H and O–H groups in total. The van der Waals surface area contributed by atoms with Crippen LogP contribution in [0.1, 0.15) is 25.7 Å². The van der Waals surface area contributed by atoms with Crippen molar-refractivity contribution in [3.63, 3.8) is 0 Å². The molecular weight excluding hydrogens is 444 g/mol. The van der Waals surface area contributed by atoms with Crippen LogP contribution in [0.5, 0.6) is 5.75 Å². The van der Waals surface area contributed by atoms with Crippen LogP contribution in [0.3, 0.4) is 0 Å². The molecule has 0 unspecified atom stereocenters. The first-order valence-corrected chi connectivity index (χ1v) is 12.6. The van der Waals surface area contributed by atoms with E-state index in [9.17, 15) is 8.42 Å². The number of morpholine rings is 1. The van der Waals surface area contributed by atoms with Gasteiger partial charge in [0.2, 0.25) is 0 Å². The van der Waals surface area contributed by atoms with Crippen molar-refractivity contribution >= 4 is 33.0 Å². The van der Waals surface area contributed by atoms with Crippen LogP contribution in [0.4, 0.5) is 5.69 Å². The maximum Gasteiger partial charge on any atom is 0.255 e. The summed E-state index contributed by atoms with van der Waals surface area (Å²) in [4.78, 5) is 15.0. The Balaban J connectivity index is 1.43. The number of rotatable bonds is 7. The predicted molar refractivity (Wildman–Crippen MR) is 128 cm³/mol. The molecule has 1 aliphatic carbocycles. The number of nitrogens with two attached hydrogens (primary N) is 1. The SMILES string of the molecule is CN=CC=C(N)S(=O)(=O)NC1CCC(Oc2cc(N3CCOCC3)cc3nccnc23)CC1. The lowest BCUT2D eigenvalue weighted by Gasteiger charge is -2.31. The quantitative estimate of drug-likeness (QED) is 0.578. The molecule has 1 aromatic carbocycles. The lowest BCUT2D eigenvalue weighted by Crippen LogP contribution is -2.41. The number of nitrogens with one attached hydrogen (secondary N) is 1. The highest BCUT2D eigenvalue weighted by Crippen LogP contribution is 2.33. The van der Waals surface area contributed by atoms with Crippen molar-refractivity contribution in [2.24, 2.45) is 10.7 Å². The minimum Gasteiger partial charge on any atom is -0.488 e. The fourth-order valence-electron chi connectivity index (χ4n) is 4.13. The summed E-state index contributed by atoms with van der Waals surface area (Å²) in [7, 11) is -2.18. The minimum absolute atomic E-state index is 0.0315. The number of anilines is 1. The van der Waals surface area contributed by atoms with Gasteiger partial charge in [-0.05, 0) is 37.8 Å². The summed E-state index contributed by atoms with van der Waals surface area (Å²) in [6.07, 6.45) is 8.71. The molecule has 4 rings (SSSR count). The van der Waals surface area contributed by atoms with E-state index >= 15 is 0 Å². The second-order valence-electron chi connectivity index (χ2n) is 8.16. The topological polar surface area (TPSA) is 132 Å². The van der Waals surface area contributed by atoms with E-state index in [2.05, 4.69) is 24.6 Å². The van der Waals surface area contributed by atoms with E-state index in [0.29, 0.717) is 31.8 Å². The number of aromatic nitrogens is 2. The van der Waals surface area contributed by atoms with E-state index in [0.717, 1.165) is 42.7 Å². The van der Waals surface area contributed by atoms with Gasteiger partial charge in [-0.2, -0.15) is 0 Å². The third kappa shape index (κ3) is 5.79. The minimum atomic E-state index is -3.73. The van der Waals surface area contributed by atoms with Gasteiger partial charge in [-0.1, -0.05) is 0 Å².